The molecule has 0 saturated heterocycles. The van der Waals surface area contributed by atoms with Gasteiger partial charge in [0.15, 0.2) is 11.5 Å². The number of methoxy groups -OCH3 is 2. The van der Waals surface area contributed by atoms with Crippen molar-refractivity contribution in [2.45, 2.75) is 6.92 Å². The summed E-state index contributed by atoms with van der Waals surface area (Å²) in [4.78, 5) is 17.0. The van der Waals surface area contributed by atoms with Crippen molar-refractivity contribution < 1.29 is 14.3 Å². The summed E-state index contributed by atoms with van der Waals surface area (Å²) in [5, 5.41) is 5.46. The van der Waals surface area contributed by atoms with E-state index in [9.17, 15) is 4.79 Å². The van der Waals surface area contributed by atoms with Crippen molar-refractivity contribution in [1.82, 2.24) is 4.98 Å². The Morgan fingerprint density at radius 3 is 2.44 bits per heavy atom. The first-order valence-electron chi connectivity index (χ1n) is 7.67. The van der Waals surface area contributed by atoms with Crippen LogP contribution in [-0.2, 0) is 0 Å². The van der Waals surface area contributed by atoms with E-state index in [1.807, 2.05) is 43.3 Å². The van der Waals surface area contributed by atoms with Crippen LogP contribution < -0.4 is 14.8 Å². The third-order valence-electron chi connectivity index (χ3n) is 3.74. The van der Waals surface area contributed by atoms with Crippen LogP contribution in [0.4, 0.5) is 5.69 Å². The molecule has 1 N–H and O–H groups in total. The Bertz CT molecular complexity index is 891. The molecule has 3 rings (SSSR count). The molecule has 1 heterocycles. The number of thiazole rings is 1. The highest BCUT2D eigenvalue weighted by atomic mass is 32.1. The molecule has 0 fully saturated rings. The molecule has 0 bridgehead atoms. The molecular weight excluding hydrogens is 336 g/mol. The quantitative estimate of drug-likeness (QED) is 0.738. The predicted octanol–water partition coefficient (Wildman–Crippen LogP) is 4.39. The summed E-state index contributed by atoms with van der Waals surface area (Å²) in [5.41, 5.74) is 2.92. The maximum atomic E-state index is 12.5. The van der Waals surface area contributed by atoms with Crippen LogP contribution in [0.5, 0.6) is 11.5 Å². The summed E-state index contributed by atoms with van der Waals surface area (Å²) in [5.74, 6) is 0.929. The van der Waals surface area contributed by atoms with Gasteiger partial charge in [-0.15, -0.1) is 11.3 Å². The van der Waals surface area contributed by atoms with Gasteiger partial charge in [0.25, 0.3) is 5.91 Å². The minimum Gasteiger partial charge on any atom is -0.493 e. The van der Waals surface area contributed by atoms with Gasteiger partial charge in [0, 0.05) is 22.7 Å². The molecule has 25 heavy (non-hydrogen) atoms. The first-order valence-corrected chi connectivity index (χ1v) is 8.55. The molecule has 0 aliphatic heterocycles. The lowest BCUT2D eigenvalue weighted by atomic mass is 10.1. The minimum absolute atomic E-state index is 0.256. The number of anilines is 1. The number of nitrogens with zero attached hydrogens (tertiary/aromatic N) is 1. The van der Waals surface area contributed by atoms with Gasteiger partial charge in [-0.25, -0.2) is 4.98 Å². The first kappa shape index (κ1) is 17.0. The van der Waals surface area contributed by atoms with E-state index >= 15 is 0 Å². The molecule has 2 aromatic carbocycles. The standard InChI is InChI=1S/C19H18N2O3S/c1-12-9-16(23-2)17(24-3)10-14(12)20-18(22)15-11-25-19(21-15)13-7-5-4-6-8-13/h4-11H,1-3H3,(H,20,22). The second-order valence-corrected chi connectivity index (χ2v) is 6.24. The fraction of sp³-hybridized carbons (Fsp3) is 0.158. The average Bonchev–Trinajstić information content (AvgIpc) is 3.14. The number of carbonyl (C=O) groups excluding carboxylic acids is 1. The van der Waals surface area contributed by atoms with Gasteiger partial charge in [-0.2, -0.15) is 0 Å². The molecule has 0 saturated carbocycles. The summed E-state index contributed by atoms with van der Waals surface area (Å²) >= 11 is 1.44. The number of aryl methyl sites for hydroxylation is 1. The number of hydrogen-bond acceptors (Lipinski definition) is 5. The molecule has 0 unspecified atom stereocenters. The molecular formula is C19H18N2O3S. The normalized spacial score (nSPS) is 10.4. The van der Waals surface area contributed by atoms with E-state index in [1.165, 1.54) is 11.3 Å². The van der Waals surface area contributed by atoms with E-state index in [1.54, 1.807) is 25.7 Å². The van der Waals surface area contributed by atoms with Crippen LogP contribution in [0, 0.1) is 6.92 Å². The number of hydrogen-bond donors (Lipinski definition) is 1. The van der Waals surface area contributed by atoms with E-state index < -0.39 is 0 Å². The minimum atomic E-state index is -0.256. The fourth-order valence-electron chi connectivity index (χ4n) is 2.39. The van der Waals surface area contributed by atoms with Crippen LogP contribution in [-0.4, -0.2) is 25.1 Å². The van der Waals surface area contributed by atoms with Gasteiger partial charge in [-0.1, -0.05) is 30.3 Å². The highest BCUT2D eigenvalue weighted by molar-refractivity contribution is 7.13. The molecule has 1 amide bonds. The molecule has 0 aliphatic rings. The molecule has 0 aliphatic carbocycles. The van der Waals surface area contributed by atoms with E-state index in [4.69, 9.17) is 9.47 Å². The van der Waals surface area contributed by atoms with Crippen molar-refractivity contribution in [2.24, 2.45) is 0 Å². The monoisotopic (exact) mass is 354 g/mol. The van der Waals surface area contributed by atoms with E-state index in [2.05, 4.69) is 10.3 Å². The highest BCUT2D eigenvalue weighted by Gasteiger charge is 2.15. The van der Waals surface area contributed by atoms with Gasteiger partial charge < -0.3 is 14.8 Å². The first-order chi connectivity index (χ1) is 12.1. The van der Waals surface area contributed by atoms with Gasteiger partial charge in [0.2, 0.25) is 0 Å². The Morgan fingerprint density at radius 2 is 1.76 bits per heavy atom. The Hall–Kier alpha value is -2.86. The van der Waals surface area contributed by atoms with Gasteiger partial charge >= 0.3 is 0 Å². The lowest BCUT2D eigenvalue weighted by Crippen LogP contribution is -2.13. The lowest BCUT2D eigenvalue weighted by Gasteiger charge is -2.13. The van der Waals surface area contributed by atoms with Crippen molar-refractivity contribution in [3.63, 3.8) is 0 Å². The molecule has 1 aromatic heterocycles. The Balaban J connectivity index is 1.82. The highest BCUT2D eigenvalue weighted by Crippen LogP contribution is 2.33. The molecule has 6 heteroatoms. The predicted molar refractivity (Wildman–Crippen MR) is 99.8 cm³/mol. The molecule has 0 spiro atoms. The van der Waals surface area contributed by atoms with Crippen LogP contribution in [0.2, 0.25) is 0 Å². The van der Waals surface area contributed by atoms with Crippen LogP contribution in [0.1, 0.15) is 16.1 Å². The average molecular weight is 354 g/mol. The van der Waals surface area contributed by atoms with E-state index in [-0.39, 0.29) is 5.91 Å². The van der Waals surface area contributed by atoms with Gasteiger partial charge in [0.05, 0.1) is 14.2 Å². The van der Waals surface area contributed by atoms with Crippen LogP contribution in [0.25, 0.3) is 10.6 Å². The molecule has 3 aromatic rings. The third-order valence-corrected chi connectivity index (χ3v) is 4.63. The summed E-state index contributed by atoms with van der Waals surface area (Å²) < 4.78 is 10.6. The second-order valence-electron chi connectivity index (χ2n) is 5.38. The SMILES string of the molecule is COc1cc(C)c(NC(=O)c2csc(-c3ccccc3)n2)cc1OC. The van der Waals surface area contributed by atoms with Crippen LogP contribution >= 0.6 is 11.3 Å². The maximum Gasteiger partial charge on any atom is 0.275 e. The van der Waals surface area contributed by atoms with Crippen LogP contribution in [0.3, 0.4) is 0 Å². The number of amides is 1. The van der Waals surface area contributed by atoms with Crippen molar-refractivity contribution in [2.75, 3.05) is 19.5 Å². The van der Waals surface area contributed by atoms with Crippen molar-refractivity contribution in [3.8, 4) is 22.1 Å². The number of benzene rings is 2. The van der Waals surface area contributed by atoms with Gasteiger partial charge in [-0.05, 0) is 18.6 Å². The van der Waals surface area contributed by atoms with E-state index in [0.717, 1.165) is 16.1 Å². The zero-order valence-corrected chi connectivity index (χ0v) is 15.0. The van der Waals surface area contributed by atoms with Crippen molar-refractivity contribution in [1.29, 1.82) is 0 Å². The van der Waals surface area contributed by atoms with Gasteiger partial charge in [0.1, 0.15) is 10.7 Å². The summed E-state index contributed by atoms with van der Waals surface area (Å²) in [6.07, 6.45) is 0. The number of aromatic nitrogens is 1. The largest absolute Gasteiger partial charge is 0.493 e. The van der Waals surface area contributed by atoms with Crippen molar-refractivity contribution >= 4 is 22.9 Å². The number of nitrogens with one attached hydrogen (secondary N) is 1. The molecule has 128 valence electrons. The Kier molecular flexibility index (Phi) is 5.00. The topological polar surface area (TPSA) is 60.5 Å². The zero-order chi connectivity index (χ0) is 17.8. The van der Waals surface area contributed by atoms with E-state index in [0.29, 0.717) is 22.9 Å². The number of ether oxygens (including phenoxy) is 2. The number of rotatable bonds is 5. The van der Waals surface area contributed by atoms with Crippen molar-refractivity contribution in [3.05, 3.63) is 59.1 Å². The lowest BCUT2D eigenvalue weighted by molar-refractivity contribution is 0.102. The third kappa shape index (κ3) is 3.64. The summed E-state index contributed by atoms with van der Waals surface area (Å²) in [7, 11) is 3.14. The molecule has 0 radical (unpaired) electrons. The molecule has 5 nitrogen and oxygen atoms in total. The second kappa shape index (κ2) is 7.36. The fourth-order valence-corrected chi connectivity index (χ4v) is 3.20. The van der Waals surface area contributed by atoms with Crippen LogP contribution in [0.15, 0.2) is 47.8 Å². The zero-order valence-electron chi connectivity index (χ0n) is 14.2. The summed E-state index contributed by atoms with van der Waals surface area (Å²) in [6, 6.07) is 13.4. The smallest absolute Gasteiger partial charge is 0.275 e. The maximum absolute atomic E-state index is 12.5. The Morgan fingerprint density at radius 1 is 1.08 bits per heavy atom. The Labute approximate surface area is 150 Å². The van der Waals surface area contributed by atoms with Gasteiger partial charge in [-0.3, -0.25) is 4.79 Å². The number of carbonyl (C=O) groups is 1. The summed E-state index contributed by atoms with van der Waals surface area (Å²) in [6.45, 7) is 1.90. The molecule has 0 atom stereocenters.